The zero-order valence-electron chi connectivity index (χ0n) is 7.33. The number of benzene rings is 1. The van der Waals surface area contributed by atoms with Gasteiger partial charge in [-0.15, -0.1) is 0 Å². The zero-order chi connectivity index (χ0) is 9.84. The van der Waals surface area contributed by atoms with Gasteiger partial charge in [-0.3, -0.25) is 9.80 Å². The Bertz CT molecular complexity index is 312. The summed E-state index contributed by atoms with van der Waals surface area (Å²) < 4.78 is 1.13. The number of hydrogen-bond acceptors (Lipinski definition) is 2. The third-order valence-corrected chi connectivity index (χ3v) is 2.31. The number of hydrazine groups is 1. The minimum atomic E-state index is -0.0815. The number of nitrogens with two attached hydrogens (primary N) is 1. The van der Waals surface area contributed by atoms with E-state index in [1.54, 1.807) is 7.05 Å². The fourth-order valence-electron chi connectivity index (χ4n) is 0.946. The van der Waals surface area contributed by atoms with Crippen LogP contribution in [0, 0.1) is 3.57 Å². The average Bonchev–Trinajstić information content (AvgIpc) is 2.04. The highest BCUT2D eigenvalue weighted by molar-refractivity contribution is 14.1. The molecule has 1 amide bonds. The van der Waals surface area contributed by atoms with Crippen LogP contribution in [-0.2, 0) is 11.2 Å². The van der Waals surface area contributed by atoms with Gasteiger partial charge in [0.05, 0.1) is 6.42 Å². The molecule has 0 fully saturated rings. The monoisotopic (exact) mass is 290 g/mol. The minimum Gasteiger partial charge on any atom is -0.284 e. The predicted octanol–water partition coefficient (Wildman–Crippen LogP) is 1.17. The quantitative estimate of drug-likeness (QED) is 0.384. The maximum Gasteiger partial charge on any atom is 0.240 e. The summed E-state index contributed by atoms with van der Waals surface area (Å²) in [4.78, 5) is 11.2. The van der Waals surface area contributed by atoms with E-state index in [1.807, 2.05) is 24.3 Å². The lowest BCUT2D eigenvalue weighted by molar-refractivity contribution is -0.129. The summed E-state index contributed by atoms with van der Waals surface area (Å²) in [6.07, 6.45) is 0.365. The molecule has 0 spiro atoms. The first-order chi connectivity index (χ1) is 6.09. The van der Waals surface area contributed by atoms with Gasteiger partial charge in [0.25, 0.3) is 0 Å². The molecular weight excluding hydrogens is 279 g/mol. The highest BCUT2D eigenvalue weighted by Gasteiger charge is 2.05. The molecule has 0 heterocycles. The number of amides is 1. The van der Waals surface area contributed by atoms with Crippen LogP contribution in [0.1, 0.15) is 5.56 Å². The van der Waals surface area contributed by atoms with Crippen LogP contribution in [0.3, 0.4) is 0 Å². The molecule has 0 aliphatic heterocycles. The molecule has 13 heavy (non-hydrogen) atoms. The Hall–Kier alpha value is -0.620. The molecule has 0 atom stereocenters. The van der Waals surface area contributed by atoms with Gasteiger partial charge in [-0.2, -0.15) is 0 Å². The molecule has 2 N–H and O–H groups in total. The molecule has 0 aliphatic rings. The van der Waals surface area contributed by atoms with E-state index in [0.717, 1.165) is 14.1 Å². The summed E-state index contributed by atoms with van der Waals surface area (Å²) in [6, 6.07) is 7.81. The lowest BCUT2D eigenvalue weighted by Crippen LogP contribution is -2.34. The third-order valence-electron chi connectivity index (χ3n) is 1.64. The van der Waals surface area contributed by atoms with Gasteiger partial charge in [0.15, 0.2) is 0 Å². The van der Waals surface area contributed by atoms with Crippen LogP contribution in [0.25, 0.3) is 0 Å². The van der Waals surface area contributed by atoms with Crippen LogP contribution in [0.4, 0.5) is 0 Å². The molecule has 0 aliphatic carbocycles. The zero-order valence-corrected chi connectivity index (χ0v) is 9.48. The van der Waals surface area contributed by atoms with Crippen LogP contribution in [0.5, 0.6) is 0 Å². The van der Waals surface area contributed by atoms with Crippen molar-refractivity contribution in [3.05, 3.63) is 33.4 Å². The first-order valence-electron chi connectivity index (χ1n) is 3.85. The Kier molecular flexibility index (Phi) is 3.68. The van der Waals surface area contributed by atoms with Crippen LogP contribution >= 0.6 is 22.6 Å². The molecule has 1 rings (SSSR count). The Morgan fingerprint density at radius 3 is 2.85 bits per heavy atom. The number of hydrogen-bond donors (Lipinski definition) is 1. The van der Waals surface area contributed by atoms with Gasteiger partial charge in [0, 0.05) is 10.6 Å². The van der Waals surface area contributed by atoms with E-state index in [1.165, 1.54) is 0 Å². The molecular formula is C9H11IN2O. The molecule has 0 unspecified atom stereocenters. The molecule has 0 saturated carbocycles. The predicted molar refractivity (Wildman–Crippen MR) is 59.8 cm³/mol. The van der Waals surface area contributed by atoms with Gasteiger partial charge >= 0.3 is 0 Å². The second-order valence-corrected chi connectivity index (χ2v) is 4.06. The van der Waals surface area contributed by atoms with E-state index < -0.39 is 0 Å². The Morgan fingerprint density at radius 2 is 2.31 bits per heavy atom. The Labute approximate surface area is 91.0 Å². The van der Waals surface area contributed by atoms with Crippen molar-refractivity contribution in [3.63, 3.8) is 0 Å². The highest BCUT2D eigenvalue weighted by Crippen LogP contribution is 2.08. The normalized spacial score (nSPS) is 9.77. The van der Waals surface area contributed by atoms with Crippen molar-refractivity contribution in [2.45, 2.75) is 6.42 Å². The van der Waals surface area contributed by atoms with Gasteiger partial charge in [0.2, 0.25) is 5.91 Å². The summed E-state index contributed by atoms with van der Waals surface area (Å²) in [5.41, 5.74) is 0.995. The minimum absolute atomic E-state index is 0.0815. The van der Waals surface area contributed by atoms with Crippen molar-refractivity contribution in [3.8, 4) is 0 Å². The molecule has 70 valence electrons. The molecule has 3 nitrogen and oxygen atoms in total. The van der Waals surface area contributed by atoms with Crippen molar-refractivity contribution in [1.29, 1.82) is 0 Å². The molecule has 0 saturated heterocycles. The fraction of sp³-hybridized carbons (Fsp3) is 0.222. The SMILES string of the molecule is CN(N)C(=O)Cc1cccc(I)c1. The molecule has 1 aromatic rings. The first-order valence-corrected chi connectivity index (χ1v) is 4.93. The molecule has 4 heteroatoms. The Morgan fingerprint density at radius 1 is 1.62 bits per heavy atom. The van der Waals surface area contributed by atoms with E-state index in [4.69, 9.17) is 5.84 Å². The summed E-state index contributed by atoms with van der Waals surface area (Å²) >= 11 is 2.21. The molecule has 0 bridgehead atoms. The van der Waals surface area contributed by atoms with E-state index in [0.29, 0.717) is 6.42 Å². The van der Waals surface area contributed by atoms with Gasteiger partial charge < -0.3 is 0 Å². The van der Waals surface area contributed by atoms with Crippen molar-refractivity contribution >= 4 is 28.5 Å². The summed E-state index contributed by atoms with van der Waals surface area (Å²) in [5, 5.41) is 1.11. The molecule has 0 radical (unpaired) electrons. The van der Waals surface area contributed by atoms with Crippen molar-refractivity contribution in [2.75, 3.05) is 7.05 Å². The maximum atomic E-state index is 11.2. The van der Waals surface area contributed by atoms with Crippen LogP contribution in [0.2, 0.25) is 0 Å². The van der Waals surface area contributed by atoms with E-state index in [9.17, 15) is 4.79 Å². The van der Waals surface area contributed by atoms with E-state index in [2.05, 4.69) is 22.6 Å². The topological polar surface area (TPSA) is 46.3 Å². The van der Waals surface area contributed by atoms with Crippen molar-refractivity contribution < 1.29 is 4.79 Å². The Balaban J connectivity index is 2.69. The average molecular weight is 290 g/mol. The number of likely N-dealkylation sites (N-methyl/N-ethyl adjacent to an activating group) is 1. The number of carbonyl (C=O) groups is 1. The largest absolute Gasteiger partial charge is 0.284 e. The van der Waals surface area contributed by atoms with Crippen LogP contribution in [-0.4, -0.2) is 18.0 Å². The second kappa shape index (κ2) is 4.57. The second-order valence-electron chi connectivity index (χ2n) is 2.81. The van der Waals surface area contributed by atoms with Crippen molar-refractivity contribution in [1.82, 2.24) is 5.01 Å². The highest BCUT2D eigenvalue weighted by atomic mass is 127. The van der Waals surface area contributed by atoms with Gasteiger partial charge in [-0.1, -0.05) is 12.1 Å². The van der Waals surface area contributed by atoms with Gasteiger partial charge in [-0.25, -0.2) is 5.84 Å². The lowest BCUT2D eigenvalue weighted by Gasteiger charge is -2.09. The summed E-state index contributed by atoms with van der Waals surface area (Å²) in [7, 11) is 1.55. The third kappa shape index (κ3) is 3.31. The van der Waals surface area contributed by atoms with Gasteiger partial charge in [-0.05, 0) is 40.3 Å². The number of halogens is 1. The fourth-order valence-corrected chi connectivity index (χ4v) is 1.55. The van der Waals surface area contributed by atoms with E-state index in [-0.39, 0.29) is 5.91 Å². The smallest absolute Gasteiger partial charge is 0.240 e. The number of rotatable bonds is 2. The van der Waals surface area contributed by atoms with Gasteiger partial charge in [0.1, 0.15) is 0 Å². The van der Waals surface area contributed by atoms with Crippen LogP contribution in [0.15, 0.2) is 24.3 Å². The maximum absolute atomic E-state index is 11.2. The standard InChI is InChI=1S/C9H11IN2O/c1-12(11)9(13)6-7-3-2-4-8(10)5-7/h2-5H,6,11H2,1H3. The first kappa shape index (κ1) is 10.5. The summed E-state index contributed by atoms with van der Waals surface area (Å²) in [6.45, 7) is 0. The van der Waals surface area contributed by atoms with E-state index >= 15 is 0 Å². The molecule has 0 aromatic heterocycles. The van der Waals surface area contributed by atoms with Crippen molar-refractivity contribution in [2.24, 2.45) is 5.84 Å². The van der Waals surface area contributed by atoms with Crippen LogP contribution < -0.4 is 5.84 Å². The lowest BCUT2D eigenvalue weighted by atomic mass is 10.1. The number of nitrogens with zero attached hydrogens (tertiary/aromatic N) is 1. The molecule has 1 aromatic carbocycles. The number of carbonyl (C=O) groups excluding carboxylic acids is 1. The summed E-state index contributed by atoms with van der Waals surface area (Å²) in [5.74, 6) is 5.22.